The molecule has 3 heterocycles. The molecule has 1 aliphatic rings. The van der Waals surface area contributed by atoms with Gasteiger partial charge in [0.1, 0.15) is 19.8 Å². The van der Waals surface area contributed by atoms with E-state index in [1.54, 1.807) is 25.1 Å². The van der Waals surface area contributed by atoms with E-state index in [-0.39, 0.29) is 18.6 Å². The number of carbonyl (C=O) groups is 1. The van der Waals surface area contributed by atoms with Gasteiger partial charge in [0.2, 0.25) is 4.96 Å². The maximum atomic E-state index is 12.1. The van der Waals surface area contributed by atoms with Crippen LogP contribution in [-0.4, -0.2) is 33.8 Å². The van der Waals surface area contributed by atoms with Gasteiger partial charge in [-0.25, -0.2) is 4.98 Å². The van der Waals surface area contributed by atoms with Crippen molar-refractivity contribution in [2.24, 2.45) is 0 Å². The topological polar surface area (TPSA) is 92.0 Å². The summed E-state index contributed by atoms with van der Waals surface area (Å²) in [5.41, 5.74) is 1.15. The van der Waals surface area contributed by atoms with E-state index < -0.39 is 5.97 Å². The number of benzene rings is 1. The van der Waals surface area contributed by atoms with Gasteiger partial charge in [0, 0.05) is 11.8 Å². The molecule has 0 unspecified atom stereocenters. The summed E-state index contributed by atoms with van der Waals surface area (Å²) in [6.45, 7) is 2.75. The Labute approximate surface area is 152 Å². The number of hydrogen-bond donors (Lipinski definition) is 0. The van der Waals surface area contributed by atoms with E-state index in [0.717, 1.165) is 5.56 Å². The zero-order chi connectivity index (χ0) is 18.1. The lowest BCUT2D eigenvalue weighted by molar-refractivity contribution is -0.144. The van der Waals surface area contributed by atoms with Crippen LogP contribution in [0.25, 0.3) is 4.96 Å². The molecule has 0 N–H and O–H groups in total. The second kappa shape index (κ2) is 6.75. The fourth-order valence-electron chi connectivity index (χ4n) is 2.58. The first-order valence-electron chi connectivity index (χ1n) is 7.99. The van der Waals surface area contributed by atoms with Gasteiger partial charge in [-0.1, -0.05) is 17.4 Å². The number of nitrogens with zero attached hydrogens (tertiary/aromatic N) is 3. The molecule has 0 bridgehead atoms. The minimum absolute atomic E-state index is 0.00407. The molecule has 0 amide bonds. The Morgan fingerprint density at radius 1 is 1.27 bits per heavy atom. The molecule has 26 heavy (non-hydrogen) atoms. The maximum absolute atomic E-state index is 12.1. The van der Waals surface area contributed by atoms with E-state index >= 15 is 0 Å². The molecule has 0 saturated heterocycles. The summed E-state index contributed by atoms with van der Waals surface area (Å²) in [5.74, 6) is 0.919. The number of esters is 1. The predicted molar refractivity (Wildman–Crippen MR) is 92.8 cm³/mol. The van der Waals surface area contributed by atoms with Crippen molar-refractivity contribution in [3.8, 4) is 11.5 Å². The average Bonchev–Trinajstić information content (AvgIpc) is 3.03. The normalized spacial score (nSPS) is 13.0. The van der Waals surface area contributed by atoms with Gasteiger partial charge in [-0.15, -0.1) is 0 Å². The van der Waals surface area contributed by atoms with Crippen molar-refractivity contribution in [2.75, 3.05) is 13.2 Å². The van der Waals surface area contributed by atoms with Gasteiger partial charge in [-0.3, -0.25) is 9.59 Å². The van der Waals surface area contributed by atoms with Crippen LogP contribution in [0.2, 0.25) is 0 Å². The number of fused-ring (bicyclic) bond motifs is 2. The van der Waals surface area contributed by atoms with E-state index in [0.29, 0.717) is 40.4 Å². The smallest absolute Gasteiger partial charge is 0.310 e. The van der Waals surface area contributed by atoms with Crippen LogP contribution < -0.4 is 15.0 Å². The van der Waals surface area contributed by atoms with Gasteiger partial charge in [-0.2, -0.15) is 9.61 Å². The SMILES string of the molecule is Cc1cc(=O)n2nc(COC(=O)Cc3ccc4c(c3)OCCO4)sc2n1. The summed E-state index contributed by atoms with van der Waals surface area (Å²) in [6.07, 6.45) is 0.110. The zero-order valence-corrected chi connectivity index (χ0v) is 14.7. The minimum atomic E-state index is -0.391. The lowest BCUT2D eigenvalue weighted by Gasteiger charge is -2.18. The second-order valence-electron chi connectivity index (χ2n) is 5.74. The van der Waals surface area contributed by atoms with E-state index in [9.17, 15) is 9.59 Å². The first-order chi connectivity index (χ1) is 12.6. The third kappa shape index (κ3) is 3.38. The molecule has 2 aromatic heterocycles. The van der Waals surface area contributed by atoms with Crippen molar-refractivity contribution >= 4 is 22.3 Å². The molecule has 1 aromatic carbocycles. The van der Waals surface area contributed by atoms with Crippen LogP contribution in [0.1, 0.15) is 16.3 Å². The molecule has 0 atom stereocenters. The molecule has 0 aliphatic carbocycles. The van der Waals surface area contributed by atoms with Crippen molar-refractivity contribution in [1.82, 2.24) is 14.6 Å². The number of carbonyl (C=O) groups excluding carboxylic acids is 1. The Hall–Kier alpha value is -2.94. The molecule has 9 heteroatoms. The maximum Gasteiger partial charge on any atom is 0.310 e. The first-order valence-corrected chi connectivity index (χ1v) is 8.81. The third-order valence-corrected chi connectivity index (χ3v) is 4.61. The molecule has 0 spiro atoms. The molecular weight excluding hydrogens is 358 g/mol. The second-order valence-corrected chi connectivity index (χ2v) is 6.78. The Kier molecular flexibility index (Phi) is 4.29. The third-order valence-electron chi connectivity index (χ3n) is 3.73. The van der Waals surface area contributed by atoms with Crippen LogP contribution in [0.3, 0.4) is 0 Å². The summed E-state index contributed by atoms with van der Waals surface area (Å²) in [5, 5.41) is 4.65. The van der Waals surface area contributed by atoms with Crippen molar-refractivity contribution in [2.45, 2.75) is 20.0 Å². The zero-order valence-electron chi connectivity index (χ0n) is 13.9. The number of ether oxygens (including phenoxy) is 3. The van der Waals surface area contributed by atoms with Crippen LogP contribution in [0.4, 0.5) is 0 Å². The number of hydrogen-bond acceptors (Lipinski definition) is 8. The lowest BCUT2D eigenvalue weighted by atomic mass is 10.1. The highest BCUT2D eigenvalue weighted by Gasteiger charge is 2.15. The summed E-state index contributed by atoms with van der Waals surface area (Å²) < 4.78 is 17.4. The summed E-state index contributed by atoms with van der Waals surface area (Å²) in [7, 11) is 0. The monoisotopic (exact) mass is 373 g/mol. The van der Waals surface area contributed by atoms with E-state index in [2.05, 4.69) is 10.1 Å². The Morgan fingerprint density at radius 3 is 2.92 bits per heavy atom. The highest BCUT2D eigenvalue weighted by atomic mass is 32.1. The van der Waals surface area contributed by atoms with Crippen LogP contribution in [-0.2, 0) is 22.6 Å². The van der Waals surface area contributed by atoms with Gasteiger partial charge in [-0.05, 0) is 24.6 Å². The van der Waals surface area contributed by atoms with Gasteiger partial charge in [0.15, 0.2) is 16.5 Å². The molecule has 1 aliphatic heterocycles. The molecule has 0 radical (unpaired) electrons. The molecule has 4 rings (SSSR count). The predicted octanol–water partition coefficient (Wildman–Crippen LogP) is 1.52. The number of aryl methyl sites for hydroxylation is 1. The Morgan fingerprint density at radius 2 is 2.08 bits per heavy atom. The Balaban J connectivity index is 1.41. The van der Waals surface area contributed by atoms with Crippen LogP contribution in [0.15, 0.2) is 29.1 Å². The molecule has 134 valence electrons. The van der Waals surface area contributed by atoms with Gasteiger partial charge in [0.25, 0.3) is 5.56 Å². The van der Waals surface area contributed by atoms with Crippen LogP contribution >= 0.6 is 11.3 Å². The van der Waals surface area contributed by atoms with E-state index in [1.165, 1.54) is 21.9 Å². The van der Waals surface area contributed by atoms with E-state index in [1.807, 2.05) is 0 Å². The minimum Gasteiger partial charge on any atom is -0.486 e. The summed E-state index contributed by atoms with van der Waals surface area (Å²) in [6, 6.07) is 6.77. The van der Waals surface area contributed by atoms with Gasteiger partial charge < -0.3 is 14.2 Å². The molecule has 3 aromatic rings. The van der Waals surface area contributed by atoms with E-state index in [4.69, 9.17) is 14.2 Å². The lowest BCUT2D eigenvalue weighted by Crippen LogP contribution is -2.16. The number of aromatic nitrogens is 3. The van der Waals surface area contributed by atoms with Crippen molar-refractivity contribution < 1.29 is 19.0 Å². The first kappa shape index (κ1) is 16.5. The highest BCUT2D eigenvalue weighted by molar-refractivity contribution is 7.16. The van der Waals surface area contributed by atoms with Gasteiger partial charge in [0.05, 0.1) is 6.42 Å². The standard InChI is InChI=1S/C17H15N3O5S/c1-10-6-15(21)20-17(18-10)26-14(19-20)9-25-16(22)8-11-2-3-12-13(7-11)24-5-4-23-12/h2-3,6-7H,4-5,8-9H2,1H3. The molecule has 8 nitrogen and oxygen atoms in total. The Bertz CT molecular complexity index is 1040. The molecule has 0 fully saturated rings. The van der Waals surface area contributed by atoms with Crippen molar-refractivity contribution in [3.05, 3.63) is 50.9 Å². The average molecular weight is 373 g/mol. The number of rotatable bonds is 4. The quantitative estimate of drug-likeness (QED) is 0.640. The summed E-state index contributed by atoms with van der Waals surface area (Å²) >= 11 is 1.22. The summed E-state index contributed by atoms with van der Waals surface area (Å²) in [4.78, 5) is 28.7. The molecular formula is C17H15N3O5S. The van der Waals surface area contributed by atoms with Crippen LogP contribution in [0, 0.1) is 6.92 Å². The fourth-order valence-corrected chi connectivity index (χ4v) is 3.43. The fraction of sp³-hybridized carbons (Fsp3) is 0.294. The highest BCUT2D eigenvalue weighted by Crippen LogP contribution is 2.30. The molecule has 0 saturated carbocycles. The van der Waals surface area contributed by atoms with Crippen molar-refractivity contribution in [3.63, 3.8) is 0 Å². The van der Waals surface area contributed by atoms with Crippen molar-refractivity contribution in [1.29, 1.82) is 0 Å². The van der Waals surface area contributed by atoms with Gasteiger partial charge >= 0.3 is 5.97 Å². The van der Waals surface area contributed by atoms with Crippen LogP contribution in [0.5, 0.6) is 11.5 Å². The largest absolute Gasteiger partial charge is 0.486 e.